The van der Waals surface area contributed by atoms with Crippen LogP contribution in [0.1, 0.15) is 12.6 Å². The number of carbonyl (C=O) groups is 2. The summed E-state index contributed by atoms with van der Waals surface area (Å²) >= 11 is 1.37. The SMILES string of the molecule is CC(=O)N1CCN(C(=O)NCCc2csc(N)n2)CC(O)C1. The first-order valence-electron chi connectivity index (χ1n) is 7.12. The summed E-state index contributed by atoms with van der Waals surface area (Å²) in [7, 11) is 0. The topological polar surface area (TPSA) is 112 Å². The molecule has 0 saturated carbocycles. The number of nitrogens with zero attached hydrogens (tertiary/aromatic N) is 3. The molecule has 2 rings (SSSR count). The summed E-state index contributed by atoms with van der Waals surface area (Å²) in [4.78, 5) is 30.7. The zero-order valence-corrected chi connectivity index (χ0v) is 13.3. The lowest BCUT2D eigenvalue weighted by Gasteiger charge is -2.21. The number of carbonyl (C=O) groups excluding carboxylic acids is 2. The molecule has 1 aromatic rings. The molecular formula is C13H21N5O3S. The van der Waals surface area contributed by atoms with Gasteiger partial charge in [0.25, 0.3) is 0 Å². The zero-order chi connectivity index (χ0) is 16.1. The third-order valence-corrected chi connectivity index (χ3v) is 4.18. The molecule has 122 valence electrons. The second kappa shape index (κ2) is 7.41. The molecule has 0 spiro atoms. The van der Waals surface area contributed by atoms with Gasteiger partial charge in [-0.2, -0.15) is 0 Å². The molecular weight excluding hydrogens is 306 g/mol. The Morgan fingerprint density at radius 2 is 2.14 bits per heavy atom. The van der Waals surface area contributed by atoms with Crippen molar-refractivity contribution in [1.29, 1.82) is 0 Å². The first kappa shape index (κ1) is 16.5. The number of β-amino-alcohol motifs (C(OH)–C–C–N with tert-alkyl or cyclic N) is 1. The highest BCUT2D eigenvalue weighted by Crippen LogP contribution is 2.11. The molecule has 0 aromatic carbocycles. The van der Waals surface area contributed by atoms with Crippen LogP contribution < -0.4 is 11.1 Å². The lowest BCUT2D eigenvalue weighted by atomic mass is 10.3. The monoisotopic (exact) mass is 327 g/mol. The summed E-state index contributed by atoms with van der Waals surface area (Å²) in [6.07, 6.45) is -0.120. The molecule has 1 saturated heterocycles. The Hall–Kier alpha value is -1.87. The third-order valence-electron chi connectivity index (χ3n) is 3.46. The Bertz CT molecular complexity index is 536. The van der Waals surface area contributed by atoms with Gasteiger partial charge in [-0.25, -0.2) is 9.78 Å². The summed E-state index contributed by atoms with van der Waals surface area (Å²) < 4.78 is 0. The maximum Gasteiger partial charge on any atom is 0.317 e. The van der Waals surface area contributed by atoms with E-state index in [0.29, 0.717) is 31.2 Å². The van der Waals surface area contributed by atoms with E-state index in [9.17, 15) is 14.7 Å². The number of nitrogens with one attached hydrogen (secondary N) is 1. The van der Waals surface area contributed by atoms with Crippen LogP contribution in [0.4, 0.5) is 9.93 Å². The van der Waals surface area contributed by atoms with E-state index in [-0.39, 0.29) is 25.0 Å². The van der Waals surface area contributed by atoms with Crippen LogP contribution in [0.15, 0.2) is 5.38 Å². The Kier molecular flexibility index (Phi) is 5.56. The number of amides is 3. The normalized spacial score (nSPS) is 18.9. The first-order chi connectivity index (χ1) is 10.5. The van der Waals surface area contributed by atoms with Gasteiger partial charge in [0.15, 0.2) is 5.13 Å². The summed E-state index contributed by atoms with van der Waals surface area (Å²) in [5.74, 6) is -0.0950. The molecule has 0 radical (unpaired) electrons. The summed E-state index contributed by atoms with van der Waals surface area (Å²) in [6, 6.07) is -0.243. The van der Waals surface area contributed by atoms with Crippen molar-refractivity contribution in [3.8, 4) is 0 Å². The fraction of sp³-hybridized carbons (Fsp3) is 0.615. The molecule has 1 aliphatic heterocycles. The number of aliphatic hydroxyl groups is 1. The Labute approximate surface area is 132 Å². The number of nitrogen functional groups attached to an aromatic ring is 1. The van der Waals surface area contributed by atoms with E-state index in [2.05, 4.69) is 10.3 Å². The van der Waals surface area contributed by atoms with Gasteiger partial charge in [0.1, 0.15) is 0 Å². The summed E-state index contributed by atoms with van der Waals surface area (Å²) in [6.45, 7) is 3.23. The van der Waals surface area contributed by atoms with Crippen LogP contribution in [0.3, 0.4) is 0 Å². The van der Waals surface area contributed by atoms with Crippen molar-refractivity contribution in [3.05, 3.63) is 11.1 Å². The molecule has 1 fully saturated rings. The van der Waals surface area contributed by atoms with Crippen LogP contribution in [0, 0.1) is 0 Å². The number of rotatable bonds is 3. The average molecular weight is 327 g/mol. The molecule has 1 aromatic heterocycles. The molecule has 2 heterocycles. The van der Waals surface area contributed by atoms with Crippen LogP contribution in [0.25, 0.3) is 0 Å². The maximum atomic E-state index is 12.1. The predicted molar refractivity (Wildman–Crippen MR) is 83.5 cm³/mol. The highest BCUT2D eigenvalue weighted by molar-refractivity contribution is 7.13. The molecule has 0 bridgehead atoms. The van der Waals surface area contributed by atoms with E-state index in [4.69, 9.17) is 5.73 Å². The summed E-state index contributed by atoms with van der Waals surface area (Å²) in [5.41, 5.74) is 6.40. The minimum atomic E-state index is -0.726. The van der Waals surface area contributed by atoms with Gasteiger partial charge in [0.2, 0.25) is 5.91 Å². The minimum Gasteiger partial charge on any atom is -0.389 e. The van der Waals surface area contributed by atoms with Crippen LogP contribution in [-0.2, 0) is 11.2 Å². The Morgan fingerprint density at radius 1 is 1.45 bits per heavy atom. The number of nitrogens with two attached hydrogens (primary N) is 1. The van der Waals surface area contributed by atoms with E-state index in [1.807, 2.05) is 5.38 Å². The van der Waals surface area contributed by atoms with Crippen molar-refractivity contribution < 1.29 is 14.7 Å². The zero-order valence-electron chi connectivity index (χ0n) is 12.5. The van der Waals surface area contributed by atoms with Crippen molar-refractivity contribution in [3.63, 3.8) is 0 Å². The van der Waals surface area contributed by atoms with E-state index < -0.39 is 6.10 Å². The second-order valence-corrected chi connectivity index (χ2v) is 6.11. The Balaban J connectivity index is 1.80. The number of aliphatic hydroxyl groups excluding tert-OH is 1. The minimum absolute atomic E-state index is 0.0950. The molecule has 1 atom stereocenters. The highest BCUT2D eigenvalue weighted by Gasteiger charge is 2.25. The largest absolute Gasteiger partial charge is 0.389 e. The molecule has 22 heavy (non-hydrogen) atoms. The number of hydrogen-bond acceptors (Lipinski definition) is 6. The fourth-order valence-corrected chi connectivity index (χ4v) is 2.91. The summed E-state index contributed by atoms with van der Waals surface area (Å²) in [5, 5.41) is 15.1. The van der Waals surface area contributed by atoms with Gasteiger partial charge in [0.05, 0.1) is 18.3 Å². The van der Waals surface area contributed by atoms with Gasteiger partial charge >= 0.3 is 6.03 Å². The molecule has 9 heteroatoms. The predicted octanol–water partition coefficient (Wildman–Crippen LogP) is -0.498. The van der Waals surface area contributed by atoms with Crippen LogP contribution in [-0.4, -0.2) is 70.7 Å². The van der Waals surface area contributed by atoms with Gasteiger partial charge < -0.3 is 26.0 Å². The average Bonchev–Trinajstić information content (AvgIpc) is 2.75. The molecule has 0 aliphatic carbocycles. The molecule has 1 aliphatic rings. The van der Waals surface area contributed by atoms with E-state index in [1.165, 1.54) is 23.2 Å². The number of urea groups is 1. The van der Waals surface area contributed by atoms with Crippen molar-refractivity contribution in [1.82, 2.24) is 20.1 Å². The van der Waals surface area contributed by atoms with Gasteiger partial charge in [0, 0.05) is 44.9 Å². The number of aromatic nitrogens is 1. The smallest absolute Gasteiger partial charge is 0.317 e. The maximum absolute atomic E-state index is 12.1. The van der Waals surface area contributed by atoms with Crippen LogP contribution in [0.5, 0.6) is 0 Å². The first-order valence-corrected chi connectivity index (χ1v) is 8.00. The fourth-order valence-electron chi connectivity index (χ4n) is 2.31. The van der Waals surface area contributed by atoms with Gasteiger partial charge in [-0.05, 0) is 0 Å². The van der Waals surface area contributed by atoms with Gasteiger partial charge in [-0.15, -0.1) is 11.3 Å². The van der Waals surface area contributed by atoms with Gasteiger partial charge in [-0.3, -0.25) is 4.79 Å². The van der Waals surface area contributed by atoms with Crippen molar-refractivity contribution in [2.75, 3.05) is 38.5 Å². The molecule has 1 unspecified atom stereocenters. The number of hydrogen-bond donors (Lipinski definition) is 3. The highest BCUT2D eigenvalue weighted by atomic mass is 32.1. The quantitative estimate of drug-likeness (QED) is 0.693. The molecule has 8 nitrogen and oxygen atoms in total. The third kappa shape index (κ3) is 4.57. The van der Waals surface area contributed by atoms with Crippen molar-refractivity contribution in [2.45, 2.75) is 19.4 Å². The number of anilines is 1. The Morgan fingerprint density at radius 3 is 2.77 bits per heavy atom. The van der Waals surface area contributed by atoms with Crippen LogP contribution in [0.2, 0.25) is 0 Å². The van der Waals surface area contributed by atoms with Crippen LogP contribution >= 0.6 is 11.3 Å². The van der Waals surface area contributed by atoms with Crippen molar-refractivity contribution >= 4 is 28.4 Å². The lowest BCUT2D eigenvalue weighted by molar-refractivity contribution is -0.129. The van der Waals surface area contributed by atoms with E-state index in [1.54, 1.807) is 4.90 Å². The van der Waals surface area contributed by atoms with E-state index in [0.717, 1.165) is 5.69 Å². The second-order valence-electron chi connectivity index (χ2n) is 5.22. The van der Waals surface area contributed by atoms with E-state index >= 15 is 0 Å². The number of thiazole rings is 1. The van der Waals surface area contributed by atoms with Gasteiger partial charge in [-0.1, -0.05) is 0 Å². The molecule has 3 amide bonds. The standard InChI is InChI=1S/C13H21N5O3S/c1-9(19)17-4-5-18(7-11(20)6-17)13(21)15-3-2-10-8-22-12(14)16-10/h8,11,20H,2-7H2,1H3,(H2,14,16)(H,15,21). The van der Waals surface area contributed by atoms with Crippen molar-refractivity contribution in [2.24, 2.45) is 0 Å². The molecule has 4 N–H and O–H groups in total. The lowest BCUT2D eigenvalue weighted by Crippen LogP contribution is -2.44.